The molecule has 3 nitrogen and oxygen atoms in total. The van der Waals surface area contributed by atoms with Gasteiger partial charge in [0.25, 0.3) is 0 Å². The highest BCUT2D eigenvalue weighted by Gasteiger charge is 2.17. The van der Waals surface area contributed by atoms with E-state index in [0.29, 0.717) is 6.04 Å². The van der Waals surface area contributed by atoms with Crippen LogP contribution in [0.2, 0.25) is 0 Å². The molecule has 1 unspecified atom stereocenters. The second kappa shape index (κ2) is 7.65. The minimum atomic E-state index is 0.236. The Kier molecular flexibility index (Phi) is 5.86. The van der Waals surface area contributed by atoms with Gasteiger partial charge in [-0.3, -0.25) is 4.90 Å². The normalized spacial score (nSPS) is 17.6. The van der Waals surface area contributed by atoms with E-state index in [-0.39, 0.29) is 6.10 Å². The van der Waals surface area contributed by atoms with E-state index in [1.807, 2.05) is 0 Å². The number of benzene rings is 1. The van der Waals surface area contributed by atoms with Gasteiger partial charge in [0.1, 0.15) is 5.75 Å². The molecule has 1 aromatic rings. The standard InChI is InChI=1S/C17H28N2O/c1-14(2)20-17-8-6-16(7-9-17)13-18-12-15(3)19-10-4-5-11-19/h6-9,14-15,18H,4-5,10-13H2,1-3H3. The molecule has 1 atom stereocenters. The third kappa shape index (κ3) is 4.80. The number of hydrogen-bond donors (Lipinski definition) is 1. The highest BCUT2D eigenvalue weighted by molar-refractivity contribution is 5.27. The molecule has 0 aliphatic carbocycles. The summed E-state index contributed by atoms with van der Waals surface area (Å²) in [6.45, 7) is 10.9. The van der Waals surface area contributed by atoms with Crippen LogP contribution in [0.3, 0.4) is 0 Å². The molecule has 1 fully saturated rings. The zero-order chi connectivity index (χ0) is 14.4. The molecule has 1 aromatic carbocycles. The Morgan fingerprint density at radius 3 is 2.35 bits per heavy atom. The van der Waals surface area contributed by atoms with Gasteiger partial charge in [-0.05, 0) is 64.4 Å². The van der Waals surface area contributed by atoms with E-state index in [4.69, 9.17) is 4.74 Å². The predicted molar refractivity (Wildman–Crippen MR) is 84.2 cm³/mol. The lowest BCUT2D eigenvalue weighted by Crippen LogP contribution is -2.38. The third-order valence-corrected chi connectivity index (χ3v) is 3.83. The molecule has 0 spiro atoms. The van der Waals surface area contributed by atoms with E-state index in [1.165, 1.54) is 31.5 Å². The maximum atomic E-state index is 5.65. The molecule has 1 N–H and O–H groups in total. The Hall–Kier alpha value is -1.06. The van der Waals surface area contributed by atoms with Crippen LogP contribution in [0.15, 0.2) is 24.3 Å². The van der Waals surface area contributed by atoms with Crippen molar-refractivity contribution in [3.63, 3.8) is 0 Å². The van der Waals surface area contributed by atoms with Gasteiger partial charge in [0.15, 0.2) is 0 Å². The summed E-state index contributed by atoms with van der Waals surface area (Å²) >= 11 is 0. The van der Waals surface area contributed by atoms with Crippen molar-refractivity contribution in [1.29, 1.82) is 0 Å². The fourth-order valence-corrected chi connectivity index (χ4v) is 2.69. The quantitative estimate of drug-likeness (QED) is 0.828. The van der Waals surface area contributed by atoms with Crippen LogP contribution in [0.5, 0.6) is 5.75 Å². The van der Waals surface area contributed by atoms with Crippen molar-refractivity contribution >= 4 is 0 Å². The average Bonchev–Trinajstić information content (AvgIpc) is 2.94. The number of hydrogen-bond acceptors (Lipinski definition) is 3. The second-order valence-electron chi connectivity index (χ2n) is 6.03. The van der Waals surface area contributed by atoms with Crippen molar-refractivity contribution in [2.24, 2.45) is 0 Å². The van der Waals surface area contributed by atoms with Crippen molar-refractivity contribution in [1.82, 2.24) is 10.2 Å². The fourth-order valence-electron chi connectivity index (χ4n) is 2.69. The topological polar surface area (TPSA) is 24.5 Å². The first-order valence-corrected chi connectivity index (χ1v) is 7.85. The van der Waals surface area contributed by atoms with Crippen LogP contribution in [0.4, 0.5) is 0 Å². The molecule has 0 bridgehead atoms. The maximum Gasteiger partial charge on any atom is 0.119 e. The lowest BCUT2D eigenvalue weighted by molar-refractivity contribution is 0.242. The summed E-state index contributed by atoms with van der Waals surface area (Å²) in [6, 6.07) is 9.04. The zero-order valence-corrected chi connectivity index (χ0v) is 13.1. The van der Waals surface area contributed by atoms with Gasteiger partial charge in [-0.25, -0.2) is 0 Å². The molecule has 20 heavy (non-hydrogen) atoms. The fraction of sp³-hybridized carbons (Fsp3) is 0.647. The van der Waals surface area contributed by atoms with Crippen LogP contribution in [0, 0.1) is 0 Å². The first-order chi connectivity index (χ1) is 9.65. The Balaban J connectivity index is 1.70. The van der Waals surface area contributed by atoms with Gasteiger partial charge < -0.3 is 10.1 Å². The van der Waals surface area contributed by atoms with Gasteiger partial charge in [0.2, 0.25) is 0 Å². The Labute approximate surface area is 123 Å². The van der Waals surface area contributed by atoms with Crippen LogP contribution in [0.1, 0.15) is 39.2 Å². The second-order valence-corrected chi connectivity index (χ2v) is 6.03. The number of nitrogens with one attached hydrogen (secondary N) is 1. The first-order valence-electron chi connectivity index (χ1n) is 7.85. The highest BCUT2D eigenvalue weighted by atomic mass is 16.5. The van der Waals surface area contributed by atoms with Gasteiger partial charge in [-0.15, -0.1) is 0 Å². The third-order valence-electron chi connectivity index (χ3n) is 3.83. The van der Waals surface area contributed by atoms with E-state index in [9.17, 15) is 0 Å². The molecule has 0 radical (unpaired) electrons. The van der Waals surface area contributed by atoms with Gasteiger partial charge >= 0.3 is 0 Å². The van der Waals surface area contributed by atoms with E-state index in [0.717, 1.165) is 18.8 Å². The Morgan fingerprint density at radius 1 is 1.10 bits per heavy atom. The molecule has 0 saturated carbocycles. The van der Waals surface area contributed by atoms with Crippen LogP contribution in [-0.4, -0.2) is 36.7 Å². The van der Waals surface area contributed by atoms with Crippen molar-refractivity contribution in [3.05, 3.63) is 29.8 Å². The molecule has 0 amide bonds. The number of ether oxygens (including phenoxy) is 1. The SMILES string of the molecule is CC(C)Oc1ccc(CNCC(C)N2CCCC2)cc1. The van der Waals surface area contributed by atoms with Crippen molar-refractivity contribution in [2.75, 3.05) is 19.6 Å². The minimum Gasteiger partial charge on any atom is -0.491 e. The summed E-state index contributed by atoms with van der Waals surface area (Å²) < 4.78 is 5.65. The first kappa shape index (κ1) is 15.3. The largest absolute Gasteiger partial charge is 0.491 e. The van der Waals surface area contributed by atoms with E-state index in [1.54, 1.807) is 0 Å². The molecule has 1 aliphatic rings. The van der Waals surface area contributed by atoms with Crippen LogP contribution >= 0.6 is 0 Å². The molecule has 1 heterocycles. The highest BCUT2D eigenvalue weighted by Crippen LogP contribution is 2.14. The average molecular weight is 276 g/mol. The Bertz CT molecular complexity index is 382. The zero-order valence-electron chi connectivity index (χ0n) is 13.1. The smallest absolute Gasteiger partial charge is 0.119 e. The number of likely N-dealkylation sites (tertiary alicyclic amines) is 1. The predicted octanol–water partition coefficient (Wildman–Crippen LogP) is 3.05. The minimum absolute atomic E-state index is 0.236. The van der Waals surface area contributed by atoms with E-state index < -0.39 is 0 Å². The van der Waals surface area contributed by atoms with E-state index in [2.05, 4.69) is 55.3 Å². The van der Waals surface area contributed by atoms with Gasteiger partial charge in [0.05, 0.1) is 6.10 Å². The van der Waals surface area contributed by atoms with Crippen LogP contribution in [0.25, 0.3) is 0 Å². The van der Waals surface area contributed by atoms with E-state index >= 15 is 0 Å². The van der Waals surface area contributed by atoms with Crippen molar-refractivity contribution < 1.29 is 4.74 Å². The summed E-state index contributed by atoms with van der Waals surface area (Å²) in [5, 5.41) is 3.56. The van der Waals surface area contributed by atoms with Crippen molar-refractivity contribution in [3.8, 4) is 5.75 Å². The number of nitrogens with zero attached hydrogens (tertiary/aromatic N) is 1. The number of rotatable bonds is 7. The summed E-state index contributed by atoms with van der Waals surface area (Å²) in [5.41, 5.74) is 1.31. The van der Waals surface area contributed by atoms with Gasteiger partial charge in [-0.1, -0.05) is 12.1 Å². The maximum absolute atomic E-state index is 5.65. The lowest BCUT2D eigenvalue weighted by Gasteiger charge is -2.24. The summed E-state index contributed by atoms with van der Waals surface area (Å²) in [5.74, 6) is 0.953. The monoisotopic (exact) mass is 276 g/mol. The summed E-state index contributed by atoms with van der Waals surface area (Å²) in [4.78, 5) is 2.58. The van der Waals surface area contributed by atoms with Crippen LogP contribution < -0.4 is 10.1 Å². The van der Waals surface area contributed by atoms with Gasteiger partial charge in [0, 0.05) is 19.1 Å². The molecule has 2 rings (SSSR count). The van der Waals surface area contributed by atoms with Crippen molar-refractivity contribution in [2.45, 2.75) is 52.3 Å². The Morgan fingerprint density at radius 2 is 1.75 bits per heavy atom. The molecule has 0 aromatic heterocycles. The molecule has 1 aliphatic heterocycles. The molecule has 3 heteroatoms. The molecular weight excluding hydrogens is 248 g/mol. The summed E-state index contributed by atoms with van der Waals surface area (Å²) in [6.07, 6.45) is 2.96. The lowest BCUT2D eigenvalue weighted by atomic mass is 10.2. The van der Waals surface area contributed by atoms with Gasteiger partial charge in [-0.2, -0.15) is 0 Å². The molecular formula is C17H28N2O. The summed E-state index contributed by atoms with van der Waals surface area (Å²) in [7, 11) is 0. The van der Waals surface area contributed by atoms with Crippen LogP contribution in [-0.2, 0) is 6.54 Å². The molecule has 1 saturated heterocycles. The molecule has 112 valence electrons.